The van der Waals surface area contributed by atoms with Crippen LogP contribution in [0.2, 0.25) is 0 Å². The minimum atomic E-state index is -0.282. The summed E-state index contributed by atoms with van der Waals surface area (Å²) < 4.78 is 10.9. The molecule has 14 heavy (non-hydrogen) atoms. The summed E-state index contributed by atoms with van der Waals surface area (Å²) in [6, 6.07) is 0.654. The number of ether oxygens (including phenoxy) is 2. The fourth-order valence-corrected chi connectivity index (χ4v) is 3.19. The number of hydrogen-bond donors (Lipinski definition) is 1. The van der Waals surface area contributed by atoms with Gasteiger partial charge in [0.2, 0.25) is 0 Å². The lowest BCUT2D eigenvalue weighted by atomic mass is 9.54. The average molecular weight is 199 g/mol. The van der Waals surface area contributed by atoms with Crippen LogP contribution in [0.4, 0.5) is 0 Å². The first-order valence-corrected chi connectivity index (χ1v) is 5.41. The van der Waals surface area contributed by atoms with Crippen molar-refractivity contribution in [2.24, 2.45) is 11.3 Å². The van der Waals surface area contributed by atoms with Gasteiger partial charge in [-0.15, -0.1) is 0 Å². The third-order valence-corrected chi connectivity index (χ3v) is 3.99. The Kier molecular flexibility index (Phi) is 2.37. The summed E-state index contributed by atoms with van der Waals surface area (Å²) in [5.74, 6) is 0.422. The van der Waals surface area contributed by atoms with E-state index >= 15 is 0 Å². The van der Waals surface area contributed by atoms with Gasteiger partial charge in [0.05, 0.1) is 0 Å². The van der Waals surface area contributed by atoms with Crippen molar-refractivity contribution >= 4 is 0 Å². The third-order valence-electron chi connectivity index (χ3n) is 3.99. The minimum absolute atomic E-state index is 0.282. The Hall–Kier alpha value is -0.120. The highest BCUT2D eigenvalue weighted by atomic mass is 16.7. The third kappa shape index (κ3) is 1.23. The highest BCUT2D eigenvalue weighted by Gasteiger charge is 2.63. The van der Waals surface area contributed by atoms with Crippen molar-refractivity contribution in [2.75, 3.05) is 20.8 Å². The maximum Gasteiger partial charge on any atom is 0.168 e. The van der Waals surface area contributed by atoms with Crippen LogP contribution in [-0.2, 0) is 9.47 Å². The lowest BCUT2D eigenvalue weighted by Gasteiger charge is -2.64. The Bertz CT molecular complexity index is 215. The molecule has 1 aliphatic heterocycles. The molecule has 0 radical (unpaired) electrons. The van der Waals surface area contributed by atoms with Crippen LogP contribution in [0, 0.1) is 11.3 Å². The first-order chi connectivity index (χ1) is 6.57. The van der Waals surface area contributed by atoms with Gasteiger partial charge >= 0.3 is 0 Å². The van der Waals surface area contributed by atoms with Crippen LogP contribution in [0.15, 0.2) is 0 Å². The van der Waals surface area contributed by atoms with Gasteiger partial charge in [-0.2, -0.15) is 0 Å². The van der Waals surface area contributed by atoms with E-state index in [1.54, 1.807) is 14.2 Å². The summed E-state index contributed by atoms with van der Waals surface area (Å²) >= 11 is 0. The molecule has 82 valence electrons. The maximum absolute atomic E-state index is 5.43. The Morgan fingerprint density at radius 2 is 1.79 bits per heavy atom. The van der Waals surface area contributed by atoms with Crippen LogP contribution in [0.3, 0.4) is 0 Å². The summed E-state index contributed by atoms with van der Waals surface area (Å²) in [5, 5.41) is 3.51. The molecular formula is C11H21NO2. The molecule has 1 saturated heterocycles. The van der Waals surface area contributed by atoms with Crippen LogP contribution in [-0.4, -0.2) is 32.6 Å². The summed E-state index contributed by atoms with van der Waals surface area (Å²) in [6.45, 7) is 5.68. The van der Waals surface area contributed by atoms with Crippen molar-refractivity contribution in [3.63, 3.8) is 0 Å². The van der Waals surface area contributed by atoms with E-state index in [1.165, 1.54) is 0 Å². The van der Waals surface area contributed by atoms with E-state index in [-0.39, 0.29) is 5.79 Å². The molecule has 2 fully saturated rings. The average Bonchev–Trinajstić information content (AvgIpc) is 2.01. The van der Waals surface area contributed by atoms with Gasteiger partial charge in [0.15, 0.2) is 5.79 Å². The second-order valence-corrected chi connectivity index (χ2v) is 5.14. The van der Waals surface area contributed by atoms with Crippen molar-refractivity contribution in [2.45, 2.75) is 38.5 Å². The second kappa shape index (κ2) is 3.19. The lowest BCUT2D eigenvalue weighted by Crippen LogP contribution is -2.74. The fourth-order valence-electron chi connectivity index (χ4n) is 3.19. The van der Waals surface area contributed by atoms with Gasteiger partial charge in [0, 0.05) is 45.1 Å². The van der Waals surface area contributed by atoms with Crippen molar-refractivity contribution in [3.8, 4) is 0 Å². The maximum atomic E-state index is 5.43. The molecule has 0 aromatic heterocycles. The molecule has 1 N–H and O–H groups in total. The second-order valence-electron chi connectivity index (χ2n) is 5.14. The Morgan fingerprint density at radius 1 is 1.21 bits per heavy atom. The summed E-state index contributed by atoms with van der Waals surface area (Å²) in [6.07, 6.45) is 2.09. The van der Waals surface area contributed by atoms with Crippen LogP contribution < -0.4 is 5.32 Å². The highest BCUT2D eigenvalue weighted by molar-refractivity contribution is 5.14. The lowest BCUT2D eigenvalue weighted by molar-refractivity contribution is -0.317. The molecule has 3 heteroatoms. The van der Waals surface area contributed by atoms with Crippen LogP contribution in [0.5, 0.6) is 0 Å². The Balaban J connectivity index is 1.98. The van der Waals surface area contributed by atoms with Crippen molar-refractivity contribution in [3.05, 3.63) is 0 Å². The SMILES string of the molecule is COC1(OC)CC2(CNC2C(C)C)C1. The normalized spacial score (nSPS) is 32.8. The monoisotopic (exact) mass is 199 g/mol. The Morgan fingerprint density at radius 3 is 2.07 bits per heavy atom. The van der Waals surface area contributed by atoms with Gasteiger partial charge < -0.3 is 14.8 Å². The first-order valence-electron chi connectivity index (χ1n) is 5.41. The molecule has 0 aromatic carbocycles. The molecule has 1 saturated carbocycles. The van der Waals surface area contributed by atoms with E-state index in [9.17, 15) is 0 Å². The van der Waals surface area contributed by atoms with Gasteiger partial charge in [-0.1, -0.05) is 13.8 Å². The molecule has 1 aliphatic carbocycles. The standard InChI is InChI=1S/C11H21NO2/c1-8(2)9-10(7-12-9)5-11(6-10,13-3)14-4/h8-9,12H,5-7H2,1-4H3. The molecule has 1 atom stereocenters. The zero-order valence-electron chi connectivity index (χ0n) is 9.59. The molecule has 1 unspecified atom stereocenters. The molecule has 0 amide bonds. The molecule has 0 bridgehead atoms. The predicted molar refractivity (Wildman–Crippen MR) is 55.0 cm³/mol. The first kappa shape index (κ1) is 10.4. The zero-order valence-corrected chi connectivity index (χ0v) is 9.59. The molecular weight excluding hydrogens is 178 g/mol. The quantitative estimate of drug-likeness (QED) is 0.697. The van der Waals surface area contributed by atoms with E-state index in [4.69, 9.17) is 9.47 Å². The van der Waals surface area contributed by atoms with Gasteiger partial charge in [-0.3, -0.25) is 0 Å². The zero-order chi connectivity index (χ0) is 10.4. The van der Waals surface area contributed by atoms with Crippen LogP contribution in [0.25, 0.3) is 0 Å². The van der Waals surface area contributed by atoms with Crippen LogP contribution >= 0.6 is 0 Å². The smallest absolute Gasteiger partial charge is 0.168 e. The van der Waals surface area contributed by atoms with Crippen LogP contribution in [0.1, 0.15) is 26.7 Å². The van der Waals surface area contributed by atoms with Gasteiger partial charge in [0.25, 0.3) is 0 Å². The molecule has 0 aromatic rings. The van der Waals surface area contributed by atoms with Gasteiger partial charge in [-0.25, -0.2) is 0 Å². The molecule has 3 nitrogen and oxygen atoms in total. The topological polar surface area (TPSA) is 30.5 Å². The predicted octanol–water partition coefficient (Wildman–Crippen LogP) is 1.38. The fraction of sp³-hybridized carbons (Fsp3) is 1.00. The van der Waals surface area contributed by atoms with Crippen molar-refractivity contribution < 1.29 is 9.47 Å². The minimum Gasteiger partial charge on any atom is -0.353 e. The molecule has 2 aliphatic rings. The summed E-state index contributed by atoms with van der Waals surface area (Å²) in [4.78, 5) is 0. The summed E-state index contributed by atoms with van der Waals surface area (Å²) in [7, 11) is 3.49. The number of methoxy groups -OCH3 is 2. The number of rotatable bonds is 3. The van der Waals surface area contributed by atoms with Gasteiger partial charge in [-0.05, 0) is 5.92 Å². The van der Waals surface area contributed by atoms with E-state index in [1.807, 2.05) is 0 Å². The van der Waals surface area contributed by atoms with Gasteiger partial charge in [0.1, 0.15) is 0 Å². The van der Waals surface area contributed by atoms with E-state index in [0.29, 0.717) is 17.4 Å². The molecule has 1 heterocycles. The largest absolute Gasteiger partial charge is 0.353 e. The summed E-state index contributed by atoms with van der Waals surface area (Å²) in [5.41, 5.74) is 0.459. The number of hydrogen-bond acceptors (Lipinski definition) is 3. The van der Waals surface area contributed by atoms with E-state index < -0.39 is 0 Å². The molecule has 2 rings (SSSR count). The van der Waals surface area contributed by atoms with Crippen molar-refractivity contribution in [1.82, 2.24) is 5.32 Å². The van der Waals surface area contributed by atoms with E-state index in [2.05, 4.69) is 19.2 Å². The van der Waals surface area contributed by atoms with Crippen molar-refractivity contribution in [1.29, 1.82) is 0 Å². The molecule has 1 spiro atoms. The number of nitrogens with one attached hydrogen (secondary N) is 1. The Labute approximate surface area is 86.2 Å². The highest BCUT2D eigenvalue weighted by Crippen LogP contribution is 2.57. The van der Waals surface area contributed by atoms with E-state index in [0.717, 1.165) is 19.4 Å².